The van der Waals surface area contributed by atoms with Gasteiger partial charge in [-0.3, -0.25) is 4.79 Å². The molecule has 0 aliphatic carbocycles. The van der Waals surface area contributed by atoms with Gasteiger partial charge in [0.2, 0.25) is 12.7 Å². The molecule has 1 aromatic rings. The number of allylic oxidation sites excluding steroid dienone is 2. The lowest BCUT2D eigenvalue weighted by Crippen LogP contribution is -2.25. The smallest absolute Gasteiger partial charge is 0.247 e. The molecule has 104 valence electrons. The fourth-order valence-electron chi connectivity index (χ4n) is 2.01. The van der Waals surface area contributed by atoms with E-state index < -0.39 is 0 Å². The number of thioether (sulfide) groups is 1. The molecule has 2 aliphatic heterocycles. The van der Waals surface area contributed by atoms with Crippen molar-refractivity contribution in [3.05, 3.63) is 42.0 Å². The van der Waals surface area contributed by atoms with Crippen LogP contribution in [0.5, 0.6) is 11.5 Å². The minimum atomic E-state index is 0.0744. The van der Waals surface area contributed by atoms with Crippen LogP contribution in [0, 0.1) is 0 Å². The number of carbonyl (C=O) groups excluding carboxylic acids is 1. The lowest BCUT2D eigenvalue weighted by molar-refractivity contribution is -0.124. The Morgan fingerprint density at radius 1 is 1.25 bits per heavy atom. The zero-order valence-corrected chi connectivity index (χ0v) is 11.8. The molecule has 2 heterocycles. The molecule has 0 aromatic heterocycles. The van der Waals surface area contributed by atoms with Crippen LogP contribution >= 0.6 is 11.8 Å². The highest BCUT2D eigenvalue weighted by Crippen LogP contribution is 2.32. The maximum Gasteiger partial charge on any atom is 0.247 e. The molecule has 0 saturated carbocycles. The molecule has 0 N–H and O–H groups in total. The van der Waals surface area contributed by atoms with E-state index in [1.54, 1.807) is 23.9 Å². The van der Waals surface area contributed by atoms with Crippen molar-refractivity contribution in [1.29, 1.82) is 0 Å². The molecule has 1 amide bonds. The normalized spacial score (nSPS) is 17.5. The Balaban J connectivity index is 1.58. The van der Waals surface area contributed by atoms with Gasteiger partial charge in [0.15, 0.2) is 11.5 Å². The molecule has 1 saturated heterocycles. The number of fused-ring (bicyclic) bond motifs is 1. The number of carbonyl (C=O) groups is 1. The largest absolute Gasteiger partial charge is 0.454 e. The van der Waals surface area contributed by atoms with Gasteiger partial charge in [-0.05, 0) is 17.7 Å². The van der Waals surface area contributed by atoms with E-state index in [-0.39, 0.29) is 12.7 Å². The van der Waals surface area contributed by atoms with Crippen molar-refractivity contribution >= 4 is 23.7 Å². The summed E-state index contributed by atoms with van der Waals surface area (Å²) in [5, 5.41) is 0. The summed E-state index contributed by atoms with van der Waals surface area (Å²) in [5.74, 6) is 3.45. The molecule has 1 fully saturated rings. The quantitative estimate of drug-likeness (QED) is 0.633. The number of nitrogens with zero attached hydrogens (tertiary/aromatic N) is 1. The van der Waals surface area contributed by atoms with Crippen LogP contribution in [0.4, 0.5) is 0 Å². The highest BCUT2D eigenvalue weighted by atomic mass is 32.2. The average molecular weight is 289 g/mol. The van der Waals surface area contributed by atoms with Crippen LogP contribution in [0.15, 0.2) is 36.4 Å². The average Bonchev–Trinajstić information content (AvgIpc) is 3.13. The summed E-state index contributed by atoms with van der Waals surface area (Å²) in [4.78, 5) is 13.6. The van der Waals surface area contributed by atoms with Gasteiger partial charge < -0.3 is 14.4 Å². The first kappa shape index (κ1) is 13.1. The van der Waals surface area contributed by atoms with Gasteiger partial charge in [0, 0.05) is 18.4 Å². The molecule has 4 nitrogen and oxygen atoms in total. The van der Waals surface area contributed by atoms with Crippen LogP contribution in [-0.4, -0.2) is 35.8 Å². The molecule has 20 heavy (non-hydrogen) atoms. The third kappa shape index (κ3) is 2.99. The summed E-state index contributed by atoms with van der Waals surface area (Å²) < 4.78 is 10.6. The number of hydrogen-bond acceptors (Lipinski definition) is 4. The second-order valence-electron chi connectivity index (χ2n) is 4.47. The van der Waals surface area contributed by atoms with E-state index in [2.05, 4.69) is 0 Å². The summed E-state index contributed by atoms with van der Waals surface area (Å²) in [6.45, 7) is 1.13. The van der Waals surface area contributed by atoms with Crippen LogP contribution in [0.2, 0.25) is 0 Å². The zero-order valence-electron chi connectivity index (χ0n) is 11.0. The summed E-state index contributed by atoms with van der Waals surface area (Å²) >= 11 is 1.79. The monoisotopic (exact) mass is 289 g/mol. The molecule has 0 spiro atoms. The molecule has 3 rings (SSSR count). The van der Waals surface area contributed by atoms with Crippen molar-refractivity contribution in [3.8, 4) is 11.5 Å². The molecule has 0 atom stereocenters. The standard InChI is InChI=1S/C15H15NO3S/c17-15(16-7-8-20-10-16)4-2-1-3-12-5-6-13-14(9-12)19-11-18-13/h1-6,9H,7-8,10-11H2. The molecular weight excluding hydrogens is 274 g/mol. The van der Waals surface area contributed by atoms with Crippen molar-refractivity contribution in [2.24, 2.45) is 0 Å². The SMILES string of the molecule is O=C(C=CC=Cc1ccc2c(c1)OCO2)N1CCSC1. The van der Waals surface area contributed by atoms with Gasteiger partial charge in [-0.2, -0.15) is 0 Å². The van der Waals surface area contributed by atoms with Crippen molar-refractivity contribution < 1.29 is 14.3 Å². The third-order valence-electron chi connectivity index (χ3n) is 3.10. The van der Waals surface area contributed by atoms with Crippen molar-refractivity contribution in [2.45, 2.75) is 0 Å². The lowest BCUT2D eigenvalue weighted by atomic mass is 10.2. The van der Waals surface area contributed by atoms with Crippen molar-refractivity contribution in [1.82, 2.24) is 4.90 Å². The van der Waals surface area contributed by atoms with Gasteiger partial charge in [-0.15, -0.1) is 11.8 Å². The second kappa shape index (κ2) is 6.05. The number of rotatable bonds is 3. The van der Waals surface area contributed by atoms with Crippen LogP contribution in [0.1, 0.15) is 5.56 Å². The van der Waals surface area contributed by atoms with Crippen LogP contribution in [0.25, 0.3) is 6.08 Å². The first-order valence-corrected chi connectivity index (χ1v) is 7.59. The fourth-order valence-corrected chi connectivity index (χ4v) is 2.97. The van der Waals surface area contributed by atoms with E-state index in [0.717, 1.165) is 35.2 Å². The van der Waals surface area contributed by atoms with Gasteiger partial charge in [-0.25, -0.2) is 0 Å². The summed E-state index contributed by atoms with van der Waals surface area (Å²) in [5.41, 5.74) is 1.02. The zero-order chi connectivity index (χ0) is 13.8. The van der Waals surface area contributed by atoms with Crippen LogP contribution < -0.4 is 9.47 Å². The number of hydrogen-bond donors (Lipinski definition) is 0. The minimum Gasteiger partial charge on any atom is -0.454 e. The predicted molar refractivity (Wildman–Crippen MR) is 79.8 cm³/mol. The third-order valence-corrected chi connectivity index (χ3v) is 4.07. The number of amides is 1. The Labute approximate surface area is 122 Å². The highest BCUT2D eigenvalue weighted by Gasteiger charge is 2.15. The Morgan fingerprint density at radius 3 is 3.00 bits per heavy atom. The Kier molecular flexibility index (Phi) is 3.97. The van der Waals surface area contributed by atoms with Gasteiger partial charge in [0.25, 0.3) is 0 Å². The van der Waals surface area contributed by atoms with Crippen LogP contribution in [0.3, 0.4) is 0 Å². The maximum atomic E-state index is 11.8. The fraction of sp³-hybridized carbons (Fsp3) is 0.267. The molecule has 0 bridgehead atoms. The van der Waals surface area contributed by atoms with Gasteiger partial charge in [0.1, 0.15) is 0 Å². The van der Waals surface area contributed by atoms with E-state index in [0.29, 0.717) is 0 Å². The Morgan fingerprint density at radius 2 is 2.15 bits per heavy atom. The van der Waals surface area contributed by atoms with E-state index in [1.807, 2.05) is 35.3 Å². The first-order valence-electron chi connectivity index (χ1n) is 6.44. The topological polar surface area (TPSA) is 38.8 Å². The van der Waals surface area contributed by atoms with Crippen LogP contribution in [-0.2, 0) is 4.79 Å². The predicted octanol–water partition coefficient (Wildman–Crippen LogP) is 2.52. The first-order chi connectivity index (χ1) is 9.83. The maximum absolute atomic E-state index is 11.8. The molecule has 2 aliphatic rings. The minimum absolute atomic E-state index is 0.0744. The Hall–Kier alpha value is -1.88. The van der Waals surface area contributed by atoms with E-state index in [4.69, 9.17) is 9.47 Å². The highest BCUT2D eigenvalue weighted by molar-refractivity contribution is 7.99. The molecule has 5 heteroatoms. The lowest BCUT2D eigenvalue weighted by Gasteiger charge is -2.10. The van der Waals surface area contributed by atoms with Gasteiger partial charge >= 0.3 is 0 Å². The second-order valence-corrected chi connectivity index (χ2v) is 5.54. The molecule has 0 unspecified atom stereocenters. The number of benzene rings is 1. The van der Waals surface area contributed by atoms with Crippen molar-refractivity contribution in [3.63, 3.8) is 0 Å². The molecular formula is C15H15NO3S. The van der Waals surface area contributed by atoms with E-state index >= 15 is 0 Å². The van der Waals surface area contributed by atoms with Gasteiger partial charge in [-0.1, -0.05) is 24.3 Å². The summed E-state index contributed by atoms with van der Waals surface area (Å²) in [6, 6.07) is 5.76. The summed E-state index contributed by atoms with van der Waals surface area (Å²) in [6.07, 6.45) is 7.17. The van der Waals surface area contributed by atoms with E-state index in [1.165, 1.54) is 0 Å². The number of ether oxygens (including phenoxy) is 2. The van der Waals surface area contributed by atoms with Crippen molar-refractivity contribution in [2.75, 3.05) is 25.0 Å². The Bertz CT molecular complexity index is 562. The van der Waals surface area contributed by atoms with E-state index in [9.17, 15) is 4.79 Å². The molecule has 0 radical (unpaired) electrons. The summed E-state index contributed by atoms with van der Waals surface area (Å²) in [7, 11) is 0. The molecule has 1 aromatic carbocycles. The van der Waals surface area contributed by atoms with Gasteiger partial charge in [0.05, 0.1) is 5.88 Å².